The summed E-state index contributed by atoms with van der Waals surface area (Å²) in [5.41, 5.74) is 0. The summed E-state index contributed by atoms with van der Waals surface area (Å²) in [6, 6.07) is 0. The van der Waals surface area contributed by atoms with Crippen LogP contribution in [0.25, 0.3) is 0 Å². The van der Waals surface area contributed by atoms with E-state index < -0.39 is 17.9 Å². The molecule has 18 heavy (non-hydrogen) atoms. The molecule has 8 heteroatoms. The molecule has 0 saturated carbocycles. The van der Waals surface area contributed by atoms with E-state index in [-0.39, 0.29) is 13.2 Å². The van der Waals surface area contributed by atoms with Crippen LogP contribution in [0.3, 0.4) is 0 Å². The lowest BCUT2D eigenvalue weighted by Crippen LogP contribution is -1.91. The van der Waals surface area contributed by atoms with E-state index in [4.69, 9.17) is 30.0 Å². The summed E-state index contributed by atoms with van der Waals surface area (Å²) in [6.45, 7) is 5.07. The largest absolute Gasteiger partial charge is 0.481 e. The Bertz CT molecular complexity index is 202. The standard InChI is InChI=1S/C4H6O2.2C2H4O2.C2H6O2/c1-3-4(5)6-2;2*1-2(3)4;3-1-2-4/h3H,1H2,2H3;2*1H3,(H,3,4);3-4H,1-2H2. The van der Waals surface area contributed by atoms with Crippen molar-refractivity contribution in [2.75, 3.05) is 20.3 Å². The number of carboxylic acid groups (broad SMARTS) is 2. The zero-order valence-corrected chi connectivity index (χ0v) is 10.6. The van der Waals surface area contributed by atoms with Crippen LogP contribution in [0.1, 0.15) is 13.8 Å². The maximum Gasteiger partial charge on any atom is 0.329 e. The minimum atomic E-state index is -0.833. The molecule has 0 bridgehead atoms. The van der Waals surface area contributed by atoms with E-state index in [1.54, 1.807) is 0 Å². The summed E-state index contributed by atoms with van der Waals surface area (Å²) in [4.78, 5) is 27.8. The monoisotopic (exact) mass is 268 g/mol. The quantitative estimate of drug-likeness (QED) is 0.388. The smallest absolute Gasteiger partial charge is 0.329 e. The Labute approximate surface area is 105 Å². The Morgan fingerprint density at radius 3 is 1.28 bits per heavy atom. The van der Waals surface area contributed by atoms with Gasteiger partial charge in [0.25, 0.3) is 11.9 Å². The average Bonchev–Trinajstić information content (AvgIpc) is 2.26. The highest BCUT2D eigenvalue weighted by molar-refractivity contribution is 5.80. The van der Waals surface area contributed by atoms with Crippen molar-refractivity contribution in [2.24, 2.45) is 0 Å². The maximum absolute atomic E-state index is 9.84. The van der Waals surface area contributed by atoms with E-state index in [1.807, 2.05) is 0 Å². The van der Waals surface area contributed by atoms with Gasteiger partial charge in [0, 0.05) is 19.9 Å². The molecule has 0 amide bonds. The summed E-state index contributed by atoms with van der Waals surface area (Å²) in [5.74, 6) is -2.06. The van der Waals surface area contributed by atoms with Gasteiger partial charge in [-0.25, -0.2) is 4.79 Å². The number of carbonyl (C=O) groups is 3. The summed E-state index contributed by atoms with van der Waals surface area (Å²) >= 11 is 0. The van der Waals surface area contributed by atoms with Crippen molar-refractivity contribution in [1.82, 2.24) is 0 Å². The zero-order valence-electron chi connectivity index (χ0n) is 10.6. The van der Waals surface area contributed by atoms with Crippen LogP contribution in [0, 0.1) is 0 Å². The Hall–Kier alpha value is -1.93. The van der Waals surface area contributed by atoms with Crippen molar-refractivity contribution in [3.8, 4) is 0 Å². The van der Waals surface area contributed by atoms with E-state index in [2.05, 4.69) is 11.3 Å². The van der Waals surface area contributed by atoms with Crippen molar-refractivity contribution >= 4 is 17.9 Å². The molecule has 0 fully saturated rings. The fourth-order valence-electron chi connectivity index (χ4n) is 0.0833. The lowest BCUT2D eigenvalue weighted by molar-refractivity contribution is -0.135. The van der Waals surface area contributed by atoms with Gasteiger partial charge in [0.05, 0.1) is 20.3 Å². The van der Waals surface area contributed by atoms with Crippen molar-refractivity contribution in [1.29, 1.82) is 0 Å². The van der Waals surface area contributed by atoms with E-state index in [1.165, 1.54) is 7.11 Å². The van der Waals surface area contributed by atoms with Crippen LogP contribution in [0.4, 0.5) is 0 Å². The minimum Gasteiger partial charge on any atom is -0.481 e. The summed E-state index contributed by atoms with van der Waals surface area (Å²) in [6.07, 6.45) is 1.11. The van der Waals surface area contributed by atoms with E-state index >= 15 is 0 Å². The van der Waals surface area contributed by atoms with Gasteiger partial charge in [0.1, 0.15) is 0 Å². The van der Waals surface area contributed by atoms with Crippen LogP contribution < -0.4 is 0 Å². The Kier molecular flexibility index (Phi) is 33.9. The molecular formula is C10H20O8. The molecule has 108 valence electrons. The molecule has 0 aliphatic heterocycles. The number of aliphatic hydroxyl groups excluding tert-OH is 2. The molecule has 8 nitrogen and oxygen atoms in total. The second kappa shape index (κ2) is 24.3. The predicted octanol–water partition coefficient (Wildman–Crippen LogP) is -0.502. The average molecular weight is 268 g/mol. The molecule has 4 N–H and O–H groups in total. The molecule has 0 rings (SSSR count). The fourth-order valence-corrected chi connectivity index (χ4v) is 0.0833. The molecule has 0 aromatic rings. The van der Waals surface area contributed by atoms with Gasteiger partial charge in [-0.1, -0.05) is 6.58 Å². The van der Waals surface area contributed by atoms with Gasteiger partial charge in [-0.3, -0.25) is 9.59 Å². The summed E-state index contributed by atoms with van der Waals surface area (Å²) < 4.78 is 4.14. The molecule has 0 heterocycles. The number of hydrogen-bond donors (Lipinski definition) is 4. The summed E-state index contributed by atoms with van der Waals surface area (Å²) in [5, 5.41) is 30.1. The van der Waals surface area contributed by atoms with Crippen molar-refractivity contribution in [2.45, 2.75) is 13.8 Å². The van der Waals surface area contributed by atoms with Crippen LogP contribution in [-0.4, -0.2) is 58.7 Å². The molecule has 0 spiro atoms. The Morgan fingerprint density at radius 1 is 1.06 bits per heavy atom. The number of ether oxygens (including phenoxy) is 1. The highest BCUT2D eigenvalue weighted by Crippen LogP contribution is 1.67. The topological polar surface area (TPSA) is 141 Å². The second-order valence-corrected chi connectivity index (χ2v) is 2.21. The molecule has 0 saturated heterocycles. The van der Waals surface area contributed by atoms with Crippen LogP contribution in [0.15, 0.2) is 12.7 Å². The minimum absolute atomic E-state index is 0.125. The van der Waals surface area contributed by atoms with Crippen LogP contribution >= 0.6 is 0 Å². The Morgan fingerprint density at radius 2 is 1.28 bits per heavy atom. The SMILES string of the molecule is C=CC(=O)OC.CC(=O)O.CC(=O)O.OCCO. The third kappa shape index (κ3) is 255. The predicted molar refractivity (Wildman–Crippen MR) is 63.0 cm³/mol. The normalized spacial score (nSPS) is 6.72. The van der Waals surface area contributed by atoms with Gasteiger partial charge in [-0.05, 0) is 0 Å². The molecule has 0 radical (unpaired) electrons. The van der Waals surface area contributed by atoms with Crippen LogP contribution in [-0.2, 0) is 19.1 Å². The van der Waals surface area contributed by atoms with Gasteiger partial charge in [-0.15, -0.1) is 0 Å². The highest BCUT2D eigenvalue weighted by atomic mass is 16.5. The molecular weight excluding hydrogens is 248 g/mol. The molecule has 0 atom stereocenters. The first-order valence-electron chi connectivity index (χ1n) is 4.50. The number of methoxy groups -OCH3 is 1. The first kappa shape index (κ1) is 25.1. The number of hydrogen-bond acceptors (Lipinski definition) is 6. The third-order valence-electron chi connectivity index (χ3n) is 0.468. The second-order valence-electron chi connectivity index (χ2n) is 2.21. The van der Waals surface area contributed by atoms with Gasteiger partial charge < -0.3 is 25.2 Å². The molecule has 0 aromatic heterocycles. The number of rotatable bonds is 2. The summed E-state index contributed by atoms with van der Waals surface area (Å²) in [7, 11) is 1.31. The Balaban J connectivity index is -0.0000000742. The van der Waals surface area contributed by atoms with E-state index in [0.29, 0.717) is 0 Å². The molecule has 0 unspecified atom stereocenters. The van der Waals surface area contributed by atoms with Gasteiger partial charge in [-0.2, -0.15) is 0 Å². The molecule has 0 aromatic carbocycles. The van der Waals surface area contributed by atoms with Crippen LogP contribution in [0.2, 0.25) is 0 Å². The fraction of sp³-hybridized carbons (Fsp3) is 0.500. The van der Waals surface area contributed by atoms with Crippen molar-refractivity contribution < 1.29 is 39.5 Å². The molecule has 0 aliphatic carbocycles. The van der Waals surface area contributed by atoms with Crippen molar-refractivity contribution in [3.05, 3.63) is 12.7 Å². The maximum atomic E-state index is 9.84. The van der Waals surface area contributed by atoms with Gasteiger partial charge in [0.2, 0.25) is 0 Å². The van der Waals surface area contributed by atoms with E-state index in [9.17, 15) is 4.79 Å². The van der Waals surface area contributed by atoms with E-state index in [0.717, 1.165) is 19.9 Å². The van der Waals surface area contributed by atoms with Gasteiger partial charge in [0.15, 0.2) is 0 Å². The number of esters is 1. The lowest BCUT2D eigenvalue weighted by Gasteiger charge is -1.83. The number of aliphatic carboxylic acids is 2. The number of carboxylic acids is 2. The third-order valence-corrected chi connectivity index (χ3v) is 0.468. The van der Waals surface area contributed by atoms with Gasteiger partial charge >= 0.3 is 5.97 Å². The first-order valence-corrected chi connectivity index (χ1v) is 4.50. The molecule has 0 aliphatic rings. The lowest BCUT2D eigenvalue weighted by atomic mass is 10.7. The first-order chi connectivity index (χ1) is 8.19. The van der Waals surface area contributed by atoms with Crippen molar-refractivity contribution in [3.63, 3.8) is 0 Å². The van der Waals surface area contributed by atoms with Crippen LogP contribution in [0.5, 0.6) is 0 Å². The zero-order chi connectivity index (χ0) is 15.6. The highest BCUT2D eigenvalue weighted by Gasteiger charge is 1.81. The number of aliphatic hydroxyl groups is 2. The number of carbonyl (C=O) groups excluding carboxylic acids is 1.